The zero-order valence-electron chi connectivity index (χ0n) is 7.80. The summed E-state index contributed by atoms with van der Waals surface area (Å²) in [5, 5.41) is 8.12. The molecule has 1 aromatic rings. The van der Waals surface area contributed by atoms with Crippen molar-refractivity contribution >= 4 is 39.0 Å². The molecule has 5 heteroatoms. The van der Waals surface area contributed by atoms with Gasteiger partial charge in [-0.25, -0.2) is 0 Å². The van der Waals surface area contributed by atoms with Gasteiger partial charge in [0.25, 0.3) is 0 Å². The smallest absolute Gasteiger partial charge is 0.104 e. The second-order valence-corrected chi connectivity index (χ2v) is 4.90. The molecular weight excluding hydrogens is 214 g/mol. The van der Waals surface area contributed by atoms with Gasteiger partial charge in [0.2, 0.25) is 0 Å². The van der Waals surface area contributed by atoms with E-state index in [-0.39, 0.29) is 0 Å². The van der Waals surface area contributed by atoms with Crippen LogP contribution in [0.1, 0.15) is 6.92 Å². The Kier molecular flexibility index (Phi) is 4.55. The van der Waals surface area contributed by atoms with Crippen molar-refractivity contribution in [2.24, 2.45) is 10.2 Å². The minimum absolute atomic E-state index is 0.770. The molecule has 0 heterocycles. The second-order valence-electron chi connectivity index (χ2n) is 2.50. The number of nitrogens with zero attached hydrogens (tertiary/aromatic N) is 2. The molecule has 0 spiro atoms. The van der Waals surface area contributed by atoms with Gasteiger partial charge in [-0.2, -0.15) is 5.10 Å². The van der Waals surface area contributed by atoms with Crippen LogP contribution in [-0.2, 0) is 0 Å². The van der Waals surface area contributed by atoms with Crippen LogP contribution < -0.4 is 5.73 Å². The summed E-state index contributed by atoms with van der Waals surface area (Å²) in [6, 6.07) is 7.71. The minimum atomic E-state index is 0.770. The minimum Gasteiger partial charge on any atom is -0.399 e. The molecule has 0 aliphatic heterocycles. The molecule has 0 bridgehead atoms. The van der Waals surface area contributed by atoms with Crippen molar-refractivity contribution in [2.45, 2.75) is 11.8 Å². The van der Waals surface area contributed by atoms with Crippen LogP contribution in [0.2, 0.25) is 0 Å². The van der Waals surface area contributed by atoms with Crippen LogP contribution in [0.25, 0.3) is 0 Å². The van der Waals surface area contributed by atoms with E-state index in [2.05, 4.69) is 16.9 Å². The van der Waals surface area contributed by atoms with Crippen LogP contribution in [0.3, 0.4) is 0 Å². The number of nitrogen functional groups attached to an aromatic ring is 1. The zero-order chi connectivity index (χ0) is 10.4. The van der Waals surface area contributed by atoms with Crippen LogP contribution in [0.5, 0.6) is 0 Å². The number of hydrogen-bond donors (Lipinski definition) is 1. The second kappa shape index (κ2) is 5.72. The number of rotatable bonds is 3. The van der Waals surface area contributed by atoms with Crippen molar-refractivity contribution in [1.82, 2.24) is 0 Å². The Morgan fingerprint density at radius 1 is 1.50 bits per heavy atom. The van der Waals surface area contributed by atoms with E-state index in [1.54, 1.807) is 21.6 Å². The molecule has 0 atom stereocenters. The van der Waals surface area contributed by atoms with Gasteiger partial charge in [0.15, 0.2) is 0 Å². The standard InChI is InChI=1S/C9H11N3S2/c1-7(12-11-2)13-14-9-5-3-4-8(10)6-9/h3-6H,2,10H2,1H3/b12-7+. The lowest BCUT2D eigenvalue weighted by Crippen LogP contribution is -1.83. The Bertz CT molecular complexity index is 350. The third-order valence-corrected chi connectivity index (χ3v) is 3.73. The predicted molar refractivity (Wildman–Crippen MR) is 67.0 cm³/mol. The SMILES string of the molecule is C=N/N=C(\C)SSc1cccc(N)c1. The first-order valence-corrected chi connectivity index (χ1v) is 6.07. The van der Waals surface area contributed by atoms with Gasteiger partial charge in [-0.3, -0.25) is 0 Å². The summed E-state index contributed by atoms with van der Waals surface area (Å²) in [4.78, 5) is 1.11. The van der Waals surface area contributed by atoms with Crippen molar-refractivity contribution in [3.8, 4) is 0 Å². The van der Waals surface area contributed by atoms with E-state index < -0.39 is 0 Å². The topological polar surface area (TPSA) is 50.7 Å². The number of benzene rings is 1. The normalized spacial score (nSPS) is 11.4. The third-order valence-electron chi connectivity index (χ3n) is 1.33. The average Bonchev–Trinajstić information content (AvgIpc) is 2.15. The number of hydrogen-bond acceptors (Lipinski definition) is 5. The Balaban J connectivity index is 2.53. The maximum Gasteiger partial charge on any atom is 0.104 e. The van der Waals surface area contributed by atoms with Crippen LogP contribution >= 0.6 is 21.6 Å². The summed E-state index contributed by atoms with van der Waals surface area (Å²) < 4.78 is 0. The Labute approximate surface area is 91.3 Å². The van der Waals surface area contributed by atoms with Crippen molar-refractivity contribution in [1.29, 1.82) is 0 Å². The van der Waals surface area contributed by atoms with E-state index in [9.17, 15) is 0 Å². The number of anilines is 1. The monoisotopic (exact) mass is 225 g/mol. The molecule has 0 aliphatic carbocycles. The highest BCUT2D eigenvalue weighted by molar-refractivity contribution is 8.82. The van der Waals surface area contributed by atoms with E-state index in [1.807, 2.05) is 31.2 Å². The predicted octanol–water partition coefficient (Wildman–Crippen LogP) is 3.04. The van der Waals surface area contributed by atoms with Crippen molar-refractivity contribution in [3.63, 3.8) is 0 Å². The lowest BCUT2D eigenvalue weighted by atomic mass is 10.3. The van der Waals surface area contributed by atoms with Crippen molar-refractivity contribution < 1.29 is 0 Å². The van der Waals surface area contributed by atoms with E-state index in [0.29, 0.717) is 0 Å². The molecular formula is C9H11N3S2. The van der Waals surface area contributed by atoms with E-state index in [1.165, 1.54) is 0 Å². The highest BCUT2D eigenvalue weighted by Crippen LogP contribution is 2.32. The fourth-order valence-corrected chi connectivity index (χ4v) is 2.48. The zero-order valence-corrected chi connectivity index (χ0v) is 9.44. The summed E-state index contributed by atoms with van der Waals surface area (Å²) in [6.07, 6.45) is 0. The lowest BCUT2D eigenvalue weighted by molar-refractivity contribution is 1.27. The van der Waals surface area contributed by atoms with Gasteiger partial charge in [-0.05, 0) is 35.9 Å². The van der Waals surface area contributed by atoms with Gasteiger partial charge in [0, 0.05) is 17.3 Å². The van der Waals surface area contributed by atoms with Crippen LogP contribution in [0, 0.1) is 0 Å². The highest BCUT2D eigenvalue weighted by atomic mass is 33.1. The molecule has 0 fully saturated rings. The first-order chi connectivity index (χ1) is 6.72. The molecule has 0 aromatic heterocycles. The molecule has 0 radical (unpaired) electrons. The first kappa shape index (κ1) is 11.1. The molecule has 3 nitrogen and oxygen atoms in total. The van der Waals surface area contributed by atoms with Gasteiger partial charge in [-0.1, -0.05) is 16.9 Å². The Hall–Kier alpha value is -0.940. The van der Waals surface area contributed by atoms with Crippen LogP contribution in [0.4, 0.5) is 5.69 Å². The molecule has 0 unspecified atom stereocenters. The van der Waals surface area contributed by atoms with E-state index in [0.717, 1.165) is 15.6 Å². The largest absolute Gasteiger partial charge is 0.399 e. The van der Waals surface area contributed by atoms with Crippen molar-refractivity contribution in [2.75, 3.05) is 5.73 Å². The molecule has 1 aromatic carbocycles. The summed E-state index contributed by atoms with van der Waals surface area (Å²) in [7, 11) is 3.14. The summed E-state index contributed by atoms with van der Waals surface area (Å²) >= 11 is 0. The maximum absolute atomic E-state index is 5.64. The fourth-order valence-electron chi connectivity index (χ4n) is 0.791. The Morgan fingerprint density at radius 2 is 2.29 bits per heavy atom. The number of nitrogens with two attached hydrogens (primary N) is 1. The third kappa shape index (κ3) is 3.85. The van der Waals surface area contributed by atoms with Gasteiger partial charge in [0.1, 0.15) is 5.04 Å². The lowest BCUT2D eigenvalue weighted by Gasteiger charge is -2.00. The molecule has 0 amide bonds. The highest BCUT2D eigenvalue weighted by Gasteiger charge is 1.97. The van der Waals surface area contributed by atoms with Gasteiger partial charge < -0.3 is 5.73 Å². The van der Waals surface area contributed by atoms with Gasteiger partial charge >= 0.3 is 0 Å². The molecule has 0 aliphatic rings. The van der Waals surface area contributed by atoms with Gasteiger partial charge in [0.05, 0.1) is 0 Å². The van der Waals surface area contributed by atoms with Crippen molar-refractivity contribution in [3.05, 3.63) is 24.3 Å². The summed E-state index contributed by atoms with van der Waals surface area (Å²) in [5.41, 5.74) is 6.41. The molecule has 14 heavy (non-hydrogen) atoms. The molecule has 74 valence electrons. The Morgan fingerprint density at radius 3 is 2.93 bits per heavy atom. The van der Waals surface area contributed by atoms with Gasteiger partial charge in [-0.15, -0.1) is 5.10 Å². The van der Waals surface area contributed by atoms with E-state index >= 15 is 0 Å². The maximum atomic E-state index is 5.64. The molecule has 0 saturated carbocycles. The molecule has 0 saturated heterocycles. The van der Waals surface area contributed by atoms with E-state index in [4.69, 9.17) is 5.73 Å². The average molecular weight is 225 g/mol. The molecule has 1 rings (SSSR count). The first-order valence-electron chi connectivity index (χ1n) is 3.92. The summed E-state index contributed by atoms with van der Waals surface area (Å²) in [6.45, 7) is 5.18. The quantitative estimate of drug-likeness (QED) is 0.283. The summed E-state index contributed by atoms with van der Waals surface area (Å²) in [5.74, 6) is 0. The fraction of sp³-hybridized carbons (Fsp3) is 0.111. The van der Waals surface area contributed by atoms with Crippen LogP contribution in [0.15, 0.2) is 39.4 Å². The molecule has 2 N–H and O–H groups in total. The van der Waals surface area contributed by atoms with Crippen LogP contribution in [-0.4, -0.2) is 11.8 Å².